The van der Waals surface area contributed by atoms with Gasteiger partial charge < -0.3 is 10.2 Å². The third-order valence-electron chi connectivity index (χ3n) is 7.96. The van der Waals surface area contributed by atoms with Gasteiger partial charge in [0.25, 0.3) is 5.91 Å². The highest BCUT2D eigenvalue weighted by Gasteiger charge is 2.42. The van der Waals surface area contributed by atoms with Crippen molar-refractivity contribution in [2.24, 2.45) is 0 Å². The van der Waals surface area contributed by atoms with E-state index in [1.165, 1.54) is 37.7 Å². The molecule has 2 aliphatic rings. The molecule has 1 saturated heterocycles. The molecule has 2 aromatic rings. The van der Waals surface area contributed by atoms with Gasteiger partial charge in [-0.2, -0.15) is 0 Å². The van der Waals surface area contributed by atoms with Crippen molar-refractivity contribution in [3.05, 3.63) is 71.3 Å². The lowest BCUT2D eigenvalue weighted by Gasteiger charge is -2.41. The summed E-state index contributed by atoms with van der Waals surface area (Å²) in [5, 5.41) is 2.79. The van der Waals surface area contributed by atoms with E-state index < -0.39 is 5.41 Å². The van der Waals surface area contributed by atoms with Crippen LogP contribution in [0.5, 0.6) is 0 Å². The van der Waals surface area contributed by atoms with Crippen LogP contribution in [0, 0.1) is 0 Å². The molecule has 5 nitrogen and oxygen atoms in total. The summed E-state index contributed by atoms with van der Waals surface area (Å²) in [7, 11) is 0. The number of ketones is 1. The van der Waals surface area contributed by atoms with Gasteiger partial charge in [-0.15, -0.1) is 0 Å². The zero-order chi connectivity index (χ0) is 24.7. The van der Waals surface area contributed by atoms with E-state index in [4.69, 9.17) is 0 Å². The first kappa shape index (κ1) is 25.2. The molecule has 1 N–H and O–H groups in total. The summed E-state index contributed by atoms with van der Waals surface area (Å²) in [6.45, 7) is 3.05. The Hall–Kier alpha value is -2.95. The number of hydrogen-bond acceptors (Lipinski definition) is 3. The lowest BCUT2D eigenvalue weighted by atomic mass is 9.68. The molecule has 0 aromatic heterocycles. The standard InChI is InChI=1S/C30H38N2O3/c1-2-9-27(33)30(26-12-7-4-8-13-26)18-20-32(21-19-30)28(34)22-31-29(35)25-16-14-24(15-17-25)23-10-5-3-6-11-23/h4,7-8,12-17,23H,2-3,5-6,9-11,18-22H2,1H3,(H,31,35). The Kier molecular flexibility index (Phi) is 8.37. The van der Waals surface area contributed by atoms with Gasteiger partial charge in [0.1, 0.15) is 5.78 Å². The van der Waals surface area contributed by atoms with Crippen LogP contribution in [0.25, 0.3) is 0 Å². The van der Waals surface area contributed by atoms with Crippen molar-refractivity contribution >= 4 is 17.6 Å². The predicted octanol–water partition coefficient (Wildman–Crippen LogP) is 5.39. The number of likely N-dealkylation sites (tertiary alicyclic amines) is 1. The van der Waals surface area contributed by atoms with Crippen LogP contribution in [0.15, 0.2) is 54.6 Å². The fraction of sp³-hybridized carbons (Fsp3) is 0.500. The Labute approximate surface area is 209 Å². The molecule has 0 radical (unpaired) electrons. The number of rotatable bonds is 8. The fourth-order valence-corrected chi connectivity index (χ4v) is 5.80. The first-order valence-electron chi connectivity index (χ1n) is 13.3. The molecule has 1 aliphatic carbocycles. The molecule has 2 fully saturated rings. The Balaban J connectivity index is 1.31. The summed E-state index contributed by atoms with van der Waals surface area (Å²) in [5.41, 5.74) is 2.43. The van der Waals surface area contributed by atoms with E-state index in [1.54, 1.807) is 4.90 Å². The fourth-order valence-electron chi connectivity index (χ4n) is 5.80. The average molecular weight is 475 g/mol. The second kappa shape index (κ2) is 11.7. The predicted molar refractivity (Wildman–Crippen MR) is 138 cm³/mol. The van der Waals surface area contributed by atoms with Crippen LogP contribution in [0.2, 0.25) is 0 Å². The minimum atomic E-state index is -0.516. The van der Waals surface area contributed by atoms with Gasteiger partial charge in [-0.25, -0.2) is 0 Å². The van der Waals surface area contributed by atoms with Crippen LogP contribution >= 0.6 is 0 Å². The first-order chi connectivity index (χ1) is 17.0. The second-order valence-electron chi connectivity index (χ2n) is 10.1. The van der Waals surface area contributed by atoms with Crippen LogP contribution in [-0.4, -0.2) is 42.1 Å². The van der Waals surface area contributed by atoms with Crippen molar-refractivity contribution in [3.8, 4) is 0 Å². The Bertz CT molecular complexity index is 1000. The van der Waals surface area contributed by atoms with Crippen molar-refractivity contribution in [1.82, 2.24) is 10.2 Å². The zero-order valence-electron chi connectivity index (χ0n) is 20.9. The van der Waals surface area contributed by atoms with Crippen LogP contribution < -0.4 is 5.32 Å². The molecule has 0 spiro atoms. The molecule has 4 rings (SSSR count). The minimum absolute atomic E-state index is 0.0234. The largest absolute Gasteiger partial charge is 0.343 e. The minimum Gasteiger partial charge on any atom is -0.343 e. The third kappa shape index (κ3) is 5.83. The summed E-state index contributed by atoms with van der Waals surface area (Å²) >= 11 is 0. The molecule has 0 unspecified atom stereocenters. The third-order valence-corrected chi connectivity index (χ3v) is 7.96. The number of benzene rings is 2. The molecule has 2 aromatic carbocycles. The number of hydrogen-bond donors (Lipinski definition) is 1. The molecule has 0 bridgehead atoms. The Morgan fingerprint density at radius 3 is 2.20 bits per heavy atom. The molecule has 0 atom stereocenters. The van der Waals surface area contributed by atoms with Gasteiger partial charge in [0, 0.05) is 25.1 Å². The molecular weight excluding hydrogens is 436 g/mol. The quantitative estimate of drug-likeness (QED) is 0.558. The van der Waals surface area contributed by atoms with Gasteiger partial charge in [0.2, 0.25) is 5.91 Å². The summed E-state index contributed by atoms with van der Waals surface area (Å²) < 4.78 is 0. The lowest BCUT2D eigenvalue weighted by molar-refractivity contribution is -0.135. The molecule has 186 valence electrons. The number of Topliss-reactive ketones (excluding diaryl/α,β-unsaturated/α-hetero) is 1. The maximum atomic E-state index is 13.1. The van der Waals surface area contributed by atoms with Crippen molar-refractivity contribution in [3.63, 3.8) is 0 Å². The van der Waals surface area contributed by atoms with Gasteiger partial charge in [0.05, 0.1) is 12.0 Å². The van der Waals surface area contributed by atoms with Crippen molar-refractivity contribution in [1.29, 1.82) is 0 Å². The van der Waals surface area contributed by atoms with Gasteiger partial charge >= 0.3 is 0 Å². The number of nitrogens with one attached hydrogen (secondary N) is 1. The monoisotopic (exact) mass is 474 g/mol. The lowest BCUT2D eigenvalue weighted by Crippen LogP contribution is -2.51. The van der Waals surface area contributed by atoms with E-state index in [0.29, 0.717) is 43.8 Å². The maximum absolute atomic E-state index is 13.1. The van der Waals surface area contributed by atoms with E-state index in [9.17, 15) is 14.4 Å². The molecule has 1 heterocycles. The van der Waals surface area contributed by atoms with Gasteiger partial charge in [-0.05, 0) is 61.3 Å². The number of nitrogens with zero attached hydrogens (tertiary/aromatic N) is 1. The molecule has 2 amide bonds. The highest BCUT2D eigenvalue weighted by molar-refractivity contribution is 5.96. The van der Waals surface area contributed by atoms with Crippen molar-refractivity contribution < 1.29 is 14.4 Å². The molecule has 1 aliphatic heterocycles. The van der Waals surface area contributed by atoms with E-state index in [0.717, 1.165) is 12.0 Å². The van der Waals surface area contributed by atoms with Gasteiger partial charge in [-0.3, -0.25) is 14.4 Å². The Morgan fingerprint density at radius 1 is 0.914 bits per heavy atom. The summed E-state index contributed by atoms with van der Waals surface area (Å²) in [5.74, 6) is 0.557. The summed E-state index contributed by atoms with van der Waals surface area (Å²) in [6.07, 6.45) is 8.97. The second-order valence-corrected chi connectivity index (χ2v) is 10.1. The number of piperidine rings is 1. The van der Waals surface area contributed by atoms with Crippen LogP contribution in [0.3, 0.4) is 0 Å². The first-order valence-corrected chi connectivity index (χ1v) is 13.3. The number of carbonyl (C=O) groups is 3. The van der Waals surface area contributed by atoms with Crippen LogP contribution in [0.4, 0.5) is 0 Å². The normalized spacial score (nSPS) is 18.1. The number of carbonyl (C=O) groups excluding carboxylic acids is 3. The zero-order valence-corrected chi connectivity index (χ0v) is 20.9. The highest BCUT2D eigenvalue weighted by Crippen LogP contribution is 2.38. The van der Waals surface area contributed by atoms with E-state index in [1.807, 2.05) is 49.4 Å². The topological polar surface area (TPSA) is 66.5 Å². The summed E-state index contributed by atoms with van der Waals surface area (Å²) in [6, 6.07) is 17.9. The Morgan fingerprint density at radius 2 is 1.57 bits per heavy atom. The van der Waals surface area contributed by atoms with Crippen LogP contribution in [0.1, 0.15) is 92.1 Å². The van der Waals surface area contributed by atoms with E-state index in [2.05, 4.69) is 17.4 Å². The number of amides is 2. The smallest absolute Gasteiger partial charge is 0.251 e. The van der Waals surface area contributed by atoms with Crippen molar-refractivity contribution in [2.75, 3.05) is 19.6 Å². The molecular formula is C30H38N2O3. The maximum Gasteiger partial charge on any atom is 0.251 e. The highest BCUT2D eigenvalue weighted by atomic mass is 16.2. The SMILES string of the molecule is CCCC(=O)C1(c2ccccc2)CCN(C(=O)CNC(=O)c2ccc(C3CCCCC3)cc2)CC1. The molecule has 1 saturated carbocycles. The summed E-state index contributed by atoms with van der Waals surface area (Å²) in [4.78, 5) is 40.4. The van der Waals surface area contributed by atoms with Gasteiger partial charge in [-0.1, -0.05) is 68.7 Å². The molecule has 35 heavy (non-hydrogen) atoms. The van der Waals surface area contributed by atoms with E-state index in [-0.39, 0.29) is 24.1 Å². The van der Waals surface area contributed by atoms with Crippen molar-refractivity contribution in [2.45, 2.75) is 76.0 Å². The van der Waals surface area contributed by atoms with Gasteiger partial charge in [0.15, 0.2) is 0 Å². The van der Waals surface area contributed by atoms with E-state index >= 15 is 0 Å². The molecule has 5 heteroatoms. The van der Waals surface area contributed by atoms with Crippen LogP contribution in [-0.2, 0) is 15.0 Å². The average Bonchev–Trinajstić information content (AvgIpc) is 2.92.